The van der Waals surface area contributed by atoms with Crippen molar-refractivity contribution < 1.29 is 9.53 Å². The second kappa shape index (κ2) is 5.50. The van der Waals surface area contributed by atoms with E-state index >= 15 is 0 Å². The first-order chi connectivity index (χ1) is 8.70. The van der Waals surface area contributed by atoms with Crippen molar-refractivity contribution in [3.05, 3.63) is 64.7 Å². The Morgan fingerprint density at radius 1 is 1.06 bits per heavy atom. The number of hydrogen-bond acceptors (Lipinski definition) is 2. The van der Waals surface area contributed by atoms with Crippen molar-refractivity contribution in [1.82, 2.24) is 0 Å². The largest absolute Gasteiger partial charge is 0.488 e. The number of carbonyl (C=O) groups excluding carboxylic acids is 1. The molecule has 0 N–H and O–H groups in total. The minimum Gasteiger partial charge on any atom is -0.488 e. The lowest BCUT2D eigenvalue weighted by molar-refractivity contribution is 0.111. The molecule has 0 aromatic heterocycles. The number of rotatable bonds is 4. The Morgan fingerprint density at radius 3 is 2.44 bits per heavy atom. The highest BCUT2D eigenvalue weighted by Crippen LogP contribution is 2.23. The second-order valence-corrected chi connectivity index (χ2v) is 4.39. The van der Waals surface area contributed by atoms with Gasteiger partial charge in [-0.15, -0.1) is 0 Å². The zero-order valence-electron chi connectivity index (χ0n) is 10.6. The van der Waals surface area contributed by atoms with Crippen LogP contribution in [0, 0.1) is 13.8 Å². The summed E-state index contributed by atoms with van der Waals surface area (Å²) in [6.07, 6.45) is 0.831. The molecule has 0 atom stereocenters. The van der Waals surface area contributed by atoms with Crippen molar-refractivity contribution in [2.75, 3.05) is 0 Å². The molecular weight excluding hydrogens is 224 g/mol. The summed E-state index contributed by atoms with van der Waals surface area (Å²) in [7, 11) is 0. The number of aryl methyl sites for hydroxylation is 2. The third-order valence-corrected chi connectivity index (χ3v) is 2.87. The zero-order valence-corrected chi connectivity index (χ0v) is 10.6. The number of aldehydes is 1. The fourth-order valence-corrected chi connectivity index (χ4v) is 1.80. The maximum Gasteiger partial charge on any atom is 0.153 e. The van der Waals surface area contributed by atoms with Gasteiger partial charge in [-0.1, -0.05) is 42.0 Å². The Kier molecular flexibility index (Phi) is 3.78. The highest BCUT2D eigenvalue weighted by atomic mass is 16.5. The molecule has 2 aromatic carbocycles. The van der Waals surface area contributed by atoms with Gasteiger partial charge in [0.25, 0.3) is 0 Å². The number of carbonyl (C=O) groups is 1. The Morgan fingerprint density at radius 2 is 1.78 bits per heavy atom. The third kappa shape index (κ3) is 2.77. The lowest BCUT2D eigenvalue weighted by Crippen LogP contribution is -2.00. The molecule has 2 nitrogen and oxygen atoms in total. The maximum absolute atomic E-state index is 11.0. The quantitative estimate of drug-likeness (QED) is 0.762. The lowest BCUT2D eigenvalue weighted by Gasteiger charge is -2.11. The van der Waals surface area contributed by atoms with Gasteiger partial charge in [0.05, 0.1) is 5.56 Å². The molecule has 0 aliphatic rings. The third-order valence-electron chi connectivity index (χ3n) is 2.87. The minimum absolute atomic E-state index is 0.478. The van der Waals surface area contributed by atoms with E-state index in [1.54, 1.807) is 6.07 Å². The normalized spacial score (nSPS) is 10.1. The molecule has 2 heteroatoms. The molecule has 2 rings (SSSR count). The van der Waals surface area contributed by atoms with Crippen LogP contribution in [0.3, 0.4) is 0 Å². The molecular formula is C16H16O2. The van der Waals surface area contributed by atoms with E-state index < -0.39 is 0 Å². The molecule has 0 heterocycles. The first-order valence-electron chi connectivity index (χ1n) is 5.94. The van der Waals surface area contributed by atoms with Gasteiger partial charge in [-0.25, -0.2) is 0 Å². The van der Waals surface area contributed by atoms with E-state index in [9.17, 15) is 4.79 Å². The van der Waals surface area contributed by atoms with Crippen LogP contribution in [0.15, 0.2) is 42.5 Å². The van der Waals surface area contributed by atoms with E-state index in [1.807, 2.05) is 31.2 Å². The molecule has 18 heavy (non-hydrogen) atoms. The van der Waals surface area contributed by atoms with Gasteiger partial charge in [0.2, 0.25) is 0 Å². The van der Waals surface area contributed by atoms with Crippen LogP contribution < -0.4 is 4.74 Å². The van der Waals surface area contributed by atoms with Crippen molar-refractivity contribution in [2.45, 2.75) is 20.5 Å². The van der Waals surface area contributed by atoms with Crippen molar-refractivity contribution >= 4 is 6.29 Å². The monoisotopic (exact) mass is 240 g/mol. The average Bonchev–Trinajstić information content (AvgIpc) is 2.39. The summed E-state index contributed by atoms with van der Waals surface area (Å²) >= 11 is 0. The Hall–Kier alpha value is -2.09. The molecule has 0 aliphatic heterocycles. The molecule has 0 radical (unpaired) electrons. The van der Waals surface area contributed by atoms with Crippen molar-refractivity contribution in [1.29, 1.82) is 0 Å². The molecule has 2 aromatic rings. The summed E-state index contributed by atoms with van der Waals surface area (Å²) in [5.74, 6) is 0.674. The van der Waals surface area contributed by atoms with Crippen LogP contribution in [-0.2, 0) is 6.61 Å². The number of benzene rings is 2. The minimum atomic E-state index is 0.478. The summed E-state index contributed by atoms with van der Waals surface area (Å²) in [4.78, 5) is 11.0. The Bertz CT molecular complexity index is 542. The van der Waals surface area contributed by atoms with Gasteiger partial charge < -0.3 is 4.74 Å². The summed E-state index contributed by atoms with van der Waals surface area (Å²) in [5, 5.41) is 0. The van der Waals surface area contributed by atoms with Crippen LogP contribution in [0.5, 0.6) is 5.75 Å². The fourth-order valence-electron chi connectivity index (χ4n) is 1.80. The van der Waals surface area contributed by atoms with E-state index in [0.29, 0.717) is 17.9 Å². The number of hydrogen-bond donors (Lipinski definition) is 0. The average molecular weight is 240 g/mol. The van der Waals surface area contributed by atoms with Gasteiger partial charge in [-0.2, -0.15) is 0 Å². The molecule has 0 bridgehead atoms. The van der Waals surface area contributed by atoms with E-state index in [2.05, 4.69) is 19.1 Å². The van der Waals surface area contributed by atoms with E-state index in [0.717, 1.165) is 17.4 Å². The van der Waals surface area contributed by atoms with Gasteiger partial charge in [-0.05, 0) is 31.0 Å². The molecule has 92 valence electrons. The van der Waals surface area contributed by atoms with Crippen LogP contribution >= 0.6 is 0 Å². The molecule has 0 spiro atoms. The molecule has 0 amide bonds. The highest BCUT2D eigenvalue weighted by Gasteiger charge is 2.06. The van der Waals surface area contributed by atoms with Crippen LogP contribution in [0.2, 0.25) is 0 Å². The van der Waals surface area contributed by atoms with Crippen LogP contribution in [0.1, 0.15) is 27.0 Å². The van der Waals surface area contributed by atoms with Crippen LogP contribution in [0.25, 0.3) is 0 Å². The van der Waals surface area contributed by atoms with Gasteiger partial charge >= 0.3 is 0 Å². The molecule has 0 fully saturated rings. The van der Waals surface area contributed by atoms with Crippen LogP contribution in [0.4, 0.5) is 0 Å². The van der Waals surface area contributed by atoms with E-state index in [1.165, 1.54) is 5.56 Å². The van der Waals surface area contributed by atoms with E-state index in [-0.39, 0.29) is 0 Å². The van der Waals surface area contributed by atoms with Crippen molar-refractivity contribution in [2.24, 2.45) is 0 Å². The Labute approximate surface area is 107 Å². The van der Waals surface area contributed by atoms with Gasteiger partial charge in [0.15, 0.2) is 6.29 Å². The Balaban J connectivity index is 2.15. The van der Waals surface area contributed by atoms with Gasteiger partial charge in [-0.3, -0.25) is 4.79 Å². The SMILES string of the molecule is Cc1ccc(COc2c(C)cccc2C=O)cc1. The fraction of sp³-hybridized carbons (Fsp3) is 0.188. The van der Waals surface area contributed by atoms with Gasteiger partial charge in [0.1, 0.15) is 12.4 Å². The second-order valence-electron chi connectivity index (χ2n) is 4.39. The molecule has 0 saturated heterocycles. The standard InChI is InChI=1S/C16H16O2/c1-12-6-8-14(9-7-12)11-18-16-13(2)4-3-5-15(16)10-17/h3-10H,11H2,1-2H3. The predicted octanol–water partition coefficient (Wildman–Crippen LogP) is 3.69. The predicted molar refractivity (Wildman–Crippen MR) is 72.1 cm³/mol. The number of ether oxygens (including phenoxy) is 1. The zero-order chi connectivity index (χ0) is 13.0. The molecule has 0 unspecified atom stereocenters. The van der Waals surface area contributed by atoms with Gasteiger partial charge in [0, 0.05) is 0 Å². The van der Waals surface area contributed by atoms with Crippen LogP contribution in [-0.4, -0.2) is 6.29 Å². The maximum atomic E-state index is 11.0. The lowest BCUT2D eigenvalue weighted by atomic mass is 10.1. The topological polar surface area (TPSA) is 26.3 Å². The first kappa shape index (κ1) is 12.4. The summed E-state index contributed by atoms with van der Waals surface area (Å²) in [6, 6.07) is 13.7. The highest BCUT2D eigenvalue weighted by molar-refractivity contribution is 5.80. The van der Waals surface area contributed by atoms with E-state index in [4.69, 9.17) is 4.74 Å². The summed E-state index contributed by atoms with van der Waals surface area (Å²) in [5.41, 5.74) is 3.90. The van der Waals surface area contributed by atoms with Crippen molar-refractivity contribution in [3.63, 3.8) is 0 Å². The van der Waals surface area contributed by atoms with Crippen molar-refractivity contribution in [3.8, 4) is 5.75 Å². The molecule has 0 saturated carbocycles. The molecule has 0 aliphatic carbocycles. The smallest absolute Gasteiger partial charge is 0.153 e. The number of para-hydroxylation sites is 1. The summed E-state index contributed by atoms with van der Waals surface area (Å²) < 4.78 is 5.75. The first-order valence-corrected chi connectivity index (χ1v) is 5.94. The summed E-state index contributed by atoms with van der Waals surface area (Å²) in [6.45, 7) is 4.47.